The SMILES string of the molecule is C/C=C/[C@]1(CCCOc2ccc(C#N)cc2)CCCO1. The van der Waals surface area contributed by atoms with Crippen molar-refractivity contribution in [1.82, 2.24) is 0 Å². The molecule has 1 aliphatic rings. The van der Waals surface area contributed by atoms with Crippen molar-refractivity contribution < 1.29 is 9.47 Å². The number of nitriles is 1. The Bertz CT molecular complexity index is 479. The summed E-state index contributed by atoms with van der Waals surface area (Å²) in [7, 11) is 0. The van der Waals surface area contributed by atoms with Crippen LogP contribution < -0.4 is 4.74 Å². The summed E-state index contributed by atoms with van der Waals surface area (Å²) in [5.74, 6) is 0.816. The first-order valence-corrected chi connectivity index (χ1v) is 7.19. The Morgan fingerprint density at radius 3 is 2.80 bits per heavy atom. The molecule has 1 aromatic carbocycles. The predicted molar refractivity (Wildman–Crippen MR) is 78.6 cm³/mol. The minimum Gasteiger partial charge on any atom is -0.494 e. The molecular weight excluding hydrogens is 250 g/mol. The molecule has 0 aliphatic carbocycles. The minimum absolute atomic E-state index is 0.0667. The van der Waals surface area contributed by atoms with Gasteiger partial charge in [0.25, 0.3) is 0 Å². The lowest BCUT2D eigenvalue weighted by atomic mass is 9.94. The molecule has 0 radical (unpaired) electrons. The van der Waals surface area contributed by atoms with E-state index in [0.29, 0.717) is 12.2 Å². The van der Waals surface area contributed by atoms with Gasteiger partial charge in [-0.2, -0.15) is 5.26 Å². The van der Waals surface area contributed by atoms with Gasteiger partial charge in [0, 0.05) is 6.61 Å². The van der Waals surface area contributed by atoms with E-state index in [2.05, 4.69) is 18.2 Å². The van der Waals surface area contributed by atoms with Gasteiger partial charge in [-0.25, -0.2) is 0 Å². The first-order chi connectivity index (χ1) is 9.78. The molecule has 3 nitrogen and oxygen atoms in total. The van der Waals surface area contributed by atoms with E-state index in [-0.39, 0.29) is 5.60 Å². The zero-order valence-corrected chi connectivity index (χ0v) is 12.0. The van der Waals surface area contributed by atoms with E-state index >= 15 is 0 Å². The molecule has 0 spiro atoms. The fourth-order valence-electron chi connectivity index (χ4n) is 2.62. The van der Waals surface area contributed by atoms with E-state index in [4.69, 9.17) is 14.7 Å². The monoisotopic (exact) mass is 271 g/mol. The summed E-state index contributed by atoms with van der Waals surface area (Å²) in [6.07, 6.45) is 8.46. The summed E-state index contributed by atoms with van der Waals surface area (Å²) in [6.45, 7) is 3.58. The molecule has 1 aromatic rings. The summed E-state index contributed by atoms with van der Waals surface area (Å²) in [5.41, 5.74) is 0.590. The standard InChI is InChI=1S/C17H21NO2/c1-2-9-17(11-4-13-20-17)10-3-12-19-16-7-5-15(14-18)6-8-16/h2,5-9H,3-4,10-13H2,1H3/b9-2+/t17-/m0/s1. The number of benzene rings is 1. The van der Waals surface area contributed by atoms with Gasteiger partial charge >= 0.3 is 0 Å². The van der Waals surface area contributed by atoms with Crippen molar-refractivity contribution in [3.8, 4) is 11.8 Å². The number of hydrogen-bond acceptors (Lipinski definition) is 3. The molecule has 1 aliphatic heterocycles. The van der Waals surface area contributed by atoms with Gasteiger partial charge in [-0.1, -0.05) is 12.2 Å². The highest BCUT2D eigenvalue weighted by molar-refractivity contribution is 5.34. The molecule has 0 amide bonds. The molecule has 0 bridgehead atoms. The van der Waals surface area contributed by atoms with Gasteiger partial charge in [0.15, 0.2) is 0 Å². The normalized spacial score (nSPS) is 22.0. The minimum atomic E-state index is -0.0667. The maximum Gasteiger partial charge on any atom is 0.119 e. The van der Waals surface area contributed by atoms with Gasteiger partial charge in [0.1, 0.15) is 5.75 Å². The average molecular weight is 271 g/mol. The molecular formula is C17H21NO2. The second-order valence-corrected chi connectivity index (χ2v) is 5.10. The van der Waals surface area contributed by atoms with Crippen molar-refractivity contribution in [1.29, 1.82) is 5.26 Å². The first kappa shape index (κ1) is 14.6. The van der Waals surface area contributed by atoms with Gasteiger partial charge in [0.05, 0.1) is 23.8 Å². The zero-order chi connectivity index (χ0) is 14.3. The van der Waals surface area contributed by atoms with E-state index in [1.165, 1.54) is 0 Å². The second-order valence-electron chi connectivity index (χ2n) is 5.10. The van der Waals surface area contributed by atoms with E-state index in [1.807, 2.05) is 19.1 Å². The highest BCUT2D eigenvalue weighted by Gasteiger charge is 2.31. The van der Waals surface area contributed by atoms with Crippen LogP contribution in [-0.4, -0.2) is 18.8 Å². The number of ether oxygens (including phenoxy) is 2. The van der Waals surface area contributed by atoms with Crippen LogP contribution in [0.5, 0.6) is 5.75 Å². The van der Waals surface area contributed by atoms with Crippen LogP contribution in [-0.2, 0) is 4.74 Å². The second kappa shape index (κ2) is 7.12. The van der Waals surface area contributed by atoms with Crippen molar-refractivity contribution in [2.75, 3.05) is 13.2 Å². The molecule has 106 valence electrons. The van der Waals surface area contributed by atoms with E-state index < -0.39 is 0 Å². The average Bonchev–Trinajstić information content (AvgIpc) is 2.94. The van der Waals surface area contributed by atoms with Crippen LogP contribution in [0.1, 0.15) is 38.2 Å². The lowest BCUT2D eigenvalue weighted by Gasteiger charge is -2.24. The first-order valence-electron chi connectivity index (χ1n) is 7.19. The topological polar surface area (TPSA) is 42.2 Å². The van der Waals surface area contributed by atoms with Gasteiger partial charge in [-0.15, -0.1) is 0 Å². The van der Waals surface area contributed by atoms with Crippen LogP contribution in [0.15, 0.2) is 36.4 Å². The molecule has 2 rings (SSSR count). The maximum absolute atomic E-state index is 8.73. The third-order valence-corrected chi connectivity index (χ3v) is 3.60. The maximum atomic E-state index is 8.73. The number of rotatable bonds is 6. The fraction of sp³-hybridized carbons (Fsp3) is 0.471. The Morgan fingerprint density at radius 1 is 1.40 bits per heavy atom. The lowest BCUT2D eigenvalue weighted by molar-refractivity contribution is 0.0336. The number of nitrogens with zero attached hydrogens (tertiary/aromatic N) is 1. The van der Waals surface area contributed by atoms with E-state index in [1.54, 1.807) is 12.1 Å². The highest BCUT2D eigenvalue weighted by Crippen LogP contribution is 2.31. The Labute approximate surface area is 120 Å². The van der Waals surface area contributed by atoms with Gasteiger partial charge in [-0.05, 0) is 56.9 Å². The molecule has 20 heavy (non-hydrogen) atoms. The smallest absolute Gasteiger partial charge is 0.119 e. The molecule has 0 unspecified atom stereocenters. The summed E-state index contributed by atoms with van der Waals surface area (Å²) >= 11 is 0. The van der Waals surface area contributed by atoms with Crippen LogP contribution in [0, 0.1) is 11.3 Å². The van der Waals surface area contributed by atoms with Crippen molar-refractivity contribution >= 4 is 0 Å². The number of hydrogen-bond donors (Lipinski definition) is 0. The van der Waals surface area contributed by atoms with Crippen molar-refractivity contribution in [3.63, 3.8) is 0 Å². The van der Waals surface area contributed by atoms with Gasteiger partial charge < -0.3 is 9.47 Å². The van der Waals surface area contributed by atoms with Crippen molar-refractivity contribution in [2.45, 2.75) is 38.2 Å². The van der Waals surface area contributed by atoms with Crippen LogP contribution in [0.25, 0.3) is 0 Å². The molecule has 0 saturated carbocycles. The quantitative estimate of drug-likeness (QED) is 0.583. The van der Waals surface area contributed by atoms with E-state index in [9.17, 15) is 0 Å². The van der Waals surface area contributed by atoms with Crippen LogP contribution >= 0.6 is 0 Å². The number of allylic oxidation sites excluding steroid dienone is 1. The van der Waals surface area contributed by atoms with Crippen LogP contribution in [0.2, 0.25) is 0 Å². The fourth-order valence-corrected chi connectivity index (χ4v) is 2.62. The van der Waals surface area contributed by atoms with Crippen LogP contribution in [0.4, 0.5) is 0 Å². The Hall–Kier alpha value is -1.79. The molecule has 1 heterocycles. The van der Waals surface area contributed by atoms with Gasteiger partial charge in [0.2, 0.25) is 0 Å². The third kappa shape index (κ3) is 3.85. The predicted octanol–water partition coefficient (Wildman–Crippen LogP) is 3.84. The van der Waals surface area contributed by atoms with Gasteiger partial charge in [-0.3, -0.25) is 0 Å². The van der Waals surface area contributed by atoms with E-state index in [0.717, 1.165) is 38.0 Å². The molecule has 3 heteroatoms. The Balaban J connectivity index is 1.76. The lowest BCUT2D eigenvalue weighted by Crippen LogP contribution is -2.25. The molecule has 0 aromatic heterocycles. The van der Waals surface area contributed by atoms with Crippen molar-refractivity contribution in [2.24, 2.45) is 0 Å². The molecule has 1 saturated heterocycles. The third-order valence-electron chi connectivity index (χ3n) is 3.60. The molecule has 0 N–H and O–H groups in total. The Morgan fingerprint density at radius 2 is 2.20 bits per heavy atom. The Kier molecular flexibility index (Phi) is 5.20. The summed E-state index contributed by atoms with van der Waals surface area (Å²) in [6, 6.07) is 9.33. The highest BCUT2D eigenvalue weighted by atomic mass is 16.5. The largest absolute Gasteiger partial charge is 0.494 e. The summed E-state index contributed by atoms with van der Waals surface area (Å²) in [5, 5.41) is 8.73. The zero-order valence-electron chi connectivity index (χ0n) is 12.0. The molecule has 1 fully saturated rings. The molecule has 1 atom stereocenters. The summed E-state index contributed by atoms with van der Waals surface area (Å²) in [4.78, 5) is 0. The van der Waals surface area contributed by atoms with Crippen molar-refractivity contribution in [3.05, 3.63) is 42.0 Å². The van der Waals surface area contributed by atoms with Crippen LogP contribution in [0.3, 0.4) is 0 Å². The summed E-state index contributed by atoms with van der Waals surface area (Å²) < 4.78 is 11.6.